The van der Waals surface area contributed by atoms with Gasteiger partial charge in [-0.25, -0.2) is 9.13 Å². The zero-order valence-corrected chi connectivity index (χ0v) is 16.2. The smallest absolute Gasteiger partial charge is 0.235 e. The zero-order valence-electron chi connectivity index (χ0n) is 16.2. The van der Waals surface area contributed by atoms with Gasteiger partial charge in [0.1, 0.15) is 12.4 Å². The molecular weight excluding hydrogens is 280 g/mol. The number of unbranched alkanes of at least 4 members (excludes halogenated alkanes) is 10. The summed E-state index contributed by atoms with van der Waals surface area (Å²) in [6.07, 6.45) is 22.5. The molecule has 0 atom stereocenters. The molecule has 0 aliphatic heterocycles. The summed E-state index contributed by atoms with van der Waals surface area (Å²) in [6, 6.07) is 0. The van der Waals surface area contributed by atoms with E-state index >= 15 is 0 Å². The van der Waals surface area contributed by atoms with E-state index in [1.165, 1.54) is 90.0 Å². The number of hydrogen-bond acceptors (Lipinski definition) is 0. The lowest BCUT2D eigenvalue weighted by Gasteiger charge is -2.05. The van der Waals surface area contributed by atoms with Crippen LogP contribution in [-0.2, 0) is 19.5 Å². The van der Waals surface area contributed by atoms with Gasteiger partial charge in [-0.2, -0.15) is 0 Å². The van der Waals surface area contributed by atoms with Crippen LogP contribution in [0.4, 0.5) is 0 Å². The third-order valence-electron chi connectivity index (χ3n) is 4.94. The number of hydrogen-bond donors (Lipinski definition) is 0. The molecule has 0 unspecified atom stereocenters. The fourth-order valence-electron chi connectivity index (χ4n) is 3.40. The third kappa shape index (κ3) is 8.58. The Hall–Kier alpha value is -0.790. The Morgan fingerprint density at radius 3 is 1.91 bits per heavy atom. The summed E-state index contributed by atoms with van der Waals surface area (Å²) in [5.74, 6) is 1.54. The lowest BCUT2D eigenvalue weighted by Crippen LogP contribution is -2.37. The molecule has 2 heteroatoms. The van der Waals surface area contributed by atoms with Gasteiger partial charge in [0.05, 0.1) is 13.1 Å². The van der Waals surface area contributed by atoms with Crippen LogP contribution in [0.3, 0.4) is 0 Å². The fraction of sp³-hybridized carbons (Fsp3) is 0.857. The summed E-state index contributed by atoms with van der Waals surface area (Å²) in [6.45, 7) is 9.15. The highest BCUT2D eigenvalue weighted by Crippen LogP contribution is 2.10. The largest absolute Gasteiger partial charge is 0.256 e. The predicted molar refractivity (Wildman–Crippen MR) is 101 cm³/mol. The number of imidazole rings is 1. The van der Waals surface area contributed by atoms with Gasteiger partial charge in [0.15, 0.2) is 0 Å². The van der Waals surface area contributed by atoms with Crippen LogP contribution in [0.15, 0.2) is 12.4 Å². The van der Waals surface area contributed by atoms with Crippen LogP contribution in [-0.4, -0.2) is 4.57 Å². The Labute approximate surface area is 145 Å². The van der Waals surface area contributed by atoms with Crippen molar-refractivity contribution in [2.24, 2.45) is 0 Å². The second-order valence-electron chi connectivity index (χ2n) is 6.98. The highest BCUT2D eigenvalue weighted by Gasteiger charge is 2.14. The molecule has 0 N–H and O–H groups in total. The summed E-state index contributed by atoms with van der Waals surface area (Å²) < 4.78 is 4.95. The predicted octanol–water partition coefficient (Wildman–Crippen LogP) is 6.06. The van der Waals surface area contributed by atoms with Crippen molar-refractivity contribution in [2.75, 3.05) is 0 Å². The molecule has 0 amide bonds. The lowest BCUT2D eigenvalue weighted by molar-refractivity contribution is -0.704. The van der Waals surface area contributed by atoms with E-state index < -0.39 is 0 Å². The number of rotatable bonds is 15. The van der Waals surface area contributed by atoms with Gasteiger partial charge in [0.2, 0.25) is 0 Å². The summed E-state index contributed by atoms with van der Waals surface area (Å²) >= 11 is 0. The number of aromatic nitrogens is 2. The fourth-order valence-corrected chi connectivity index (χ4v) is 3.40. The third-order valence-corrected chi connectivity index (χ3v) is 4.94. The molecule has 0 aliphatic carbocycles. The van der Waals surface area contributed by atoms with Gasteiger partial charge < -0.3 is 0 Å². The van der Waals surface area contributed by atoms with Crippen molar-refractivity contribution in [3.8, 4) is 0 Å². The summed E-state index contributed by atoms with van der Waals surface area (Å²) in [5.41, 5.74) is 0. The average Bonchev–Trinajstić information content (AvgIpc) is 2.95. The van der Waals surface area contributed by atoms with E-state index in [2.05, 4.69) is 42.3 Å². The van der Waals surface area contributed by atoms with Gasteiger partial charge in [0.25, 0.3) is 5.82 Å². The van der Waals surface area contributed by atoms with E-state index in [0.29, 0.717) is 0 Å². The molecule has 0 radical (unpaired) electrons. The van der Waals surface area contributed by atoms with Crippen LogP contribution in [0.5, 0.6) is 0 Å². The molecule has 0 aliphatic rings. The van der Waals surface area contributed by atoms with Crippen LogP contribution in [0.25, 0.3) is 0 Å². The lowest BCUT2D eigenvalue weighted by atomic mass is 10.1. The van der Waals surface area contributed by atoms with E-state index in [0.717, 1.165) is 6.54 Å². The highest BCUT2D eigenvalue weighted by atomic mass is 15.1. The minimum Gasteiger partial charge on any atom is -0.235 e. The van der Waals surface area contributed by atoms with Crippen molar-refractivity contribution in [2.45, 2.75) is 117 Å². The maximum atomic E-state index is 2.51. The minimum atomic E-state index is 1.10. The monoisotopic (exact) mass is 321 g/mol. The summed E-state index contributed by atoms with van der Waals surface area (Å²) in [5, 5.41) is 0. The second kappa shape index (κ2) is 13.6. The number of nitrogens with zero attached hydrogens (tertiary/aromatic N) is 2. The summed E-state index contributed by atoms with van der Waals surface area (Å²) in [7, 11) is 0. The molecule has 1 aromatic rings. The molecule has 134 valence electrons. The van der Waals surface area contributed by atoms with Gasteiger partial charge in [-0.05, 0) is 26.2 Å². The van der Waals surface area contributed by atoms with E-state index in [4.69, 9.17) is 0 Å². The first kappa shape index (κ1) is 20.3. The molecule has 1 heterocycles. The normalized spacial score (nSPS) is 11.3. The Kier molecular flexibility index (Phi) is 12.0. The Morgan fingerprint density at radius 2 is 1.30 bits per heavy atom. The molecule has 0 spiro atoms. The maximum absolute atomic E-state index is 2.51. The van der Waals surface area contributed by atoms with Crippen LogP contribution >= 0.6 is 0 Å². The molecule has 2 nitrogen and oxygen atoms in total. The molecule has 0 aromatic carbocycles. The van der Waals surface area contributed by atoms with Crippen molar-refractivity contribution >= 4 is 0 Å². The molecule has 1 aromatic heterocycles. The van der Waals surface area contributed by atoms with Gasteiger partial charge in [0, 0.05) is 6.42 Å². The van der Waals surface area contributed by atoms with Crippen molar-refractivity contribution in [1.29, 1.82) is 0 Å². The minimum absolute atomic E-state index is 1.10. The molecule has 0 fully saturated rings. The zero-order chi connectivity index (χ0) is 16.8. The van der Waals surface area contributed by atoms with Crippen LogP contribution in [0.1, 0.15) is 104 Å². The van der Waals surface area contributed by atoms with Gasteiger partial charge >= 0.3 is 0 Å². The van der Waals surface area contributed by atoms with E-state index in [1.807, 2.05) is 0 Å². The molecular formula is C21H41N2+. The average molecular weight is 322 g/mol. The van der Waals surface area contributed by atoms with Crippen LogP contribution < -0.4 is 4.57 Å². The van der Waals surface area contributed by atoms with E-state index in [1.54, 1.807) is 5.82 Å². The SMILES string of the molecule is CCCCCCCCCCC[n+]1ccn(CC)c1CCCCC. The van der Waals surface area contributed by atoms with Crippen LogP contribution in [0.2, 0.25) is 0 Å². The molecule has 0 saturated heterocycles. The Balaban J connectivity index is 2.19. The molecule has 0 saturated carbocycles. The molecule has 0 bridgehead atoms. The Bertz CT molecular complexity index is 381. The first-order valence-electron chi connectivity index (χ1n) is 10.4. The first-order chi connectivity index (χ1) is 11.3. The maximum Gasteiger partial charge on any atom is 0.256 e. The summed E-state index contributed by atoms with van der Waals surface area (Å²) in [4.78, 5) is 0. The second-order valence-corrected chi connectivity index (χ2v) is 6.98. The van der Waals surface area contributed by atoms with Gasteiger partial charge in [-0.1, -0.05) is 71.6 Å². The van der Waals surface area contributed by atoms with Crippen LogP contribution in [0, 0.1) is 0 Å². The van der Waals surface area contributed by atoms with Crippen molar-refractivity contribution in [3.63, 3.8) is 0 Å². The highest BCUT2D eigenvalue weighted by molar-refractivity contribution is 4.83. The van der Waals surface area contributed by atoms with E-state index in [9.17, 15) is 0 Å². The van der Waals surface area contributed by atoms with Crippen molar-refractivity contribution < 1.29 is 4.57 Å². The Morgan fingerprint density at radius 1 is 0.739 bits per heavy atom. The molecule has 23 heavy (non-hydrogen) atoms. The van der Waals surface area contributed by atoms with Gasteiger partial charge in [-0.3, -0.25) is 0 Å². The topological polar surface area (TPSA) is 8.81 Å². The quantitative estimate of drug-likeness (QED) is 0.274. The van der Waals surface area contributed by atoms with E-state index in [-0.39, 0.29) is 0 Å². The molecule has 1 rings (SSSR count). The first-order valence-corrected chi connectivity index (χ1v) is 10.4. The van der Waals surface area contributed by atoms with Crippen molar-refractivity contribution in [3.05, 3.63) is 18.2 Å². The van der Waals surface area contributed by atoms with Gasteiger partial charge in [-0.15, -0.1) is 0 Å². The van der Waals surface area contributed by atoms with Crippen molar-refractivity contribution in [1.82, 2.24) is 4.57 Å². The standard InChI is InChI=1S/C21H41N2/c1-4-7-9-10-11-12-13-14-16-18-23-20-19-22(6-3)21(23)17-15-8-5-2/h19-20H,4-18H2,1-3H3/q+1. The number of aryl methyl sites for hydroxylation is 2.